The van der Waals surface area contributed by atoms with E-state index >= 15 is 0 Å². The summed E-state index contributed by atoms with van der Waals surface area (Å²) in [6.45, 7) is 2.06. The number of nitrogens with zero attached hydrogens (tertiary/aromatic N) is 1. The fourth-order valence-electron chi connectivity index (χ4n) is 3.61. The molecule has 33 heavy (non-hydrogen) atoms. The molecule has 2 aliphatic rings. The molecule has 9 nitrogen and oxygen atoms in total. The number of morpholine rings is 1. The van der Waals surface area contributed by atoms with Crippen LogP contribution in [0.15, 0.2) is 36.1 Å². The molecule has 2 heterocycles. The molecule has 0 N–H and O–H groups in total. The van der Waals surface area contributed by atoms with E-state index in [1.54, 1.807) is 41.3 Å². The van der Waals surface area contributed by atoms with Crippen molar-refractivity contribution in [3.8, 4) is 28.7 Å². The van der Waals surface area contributed by atoms with E-state index in [2.05, 4.69) is 0 Å². The average Bonchev–Trinajstić information content (AvgIpc) is 3.16. The summed E-state index contributed by atoms with van der Waals surface area (Å²) in [5.74, 6) is 2.06. The SMILES string of the molecule is COc1cc(OC)c(OC)cc1C=C1Oc2cc(OCC(=O)N3CCOCC3)ccc2C1=O. The number of rotatable bonds is 7. The van der Waals surface area contributed by atoms with Crippen molar-refractivity contribution in [2.45, 2.75) is 0 Å². The monoisotopic (exact) mass is 455 g/mol. The second-order valence-corrected chi connectivity index (χ2v) is 7.33. The molecule has 2 aromatic carbocycles. The fourth-order valence-corrected chi connectivity index (χ4v) is 3.61. The summed E-state index contributed by atoms with van der Waals surface area (Å²) in [4.78, 5) is 26.9. The molecule has 0 aromatic heterocycles. The van der Waals surface area contributed by atoms with Crippen molar-refractivity contribution in [2.75, 3.05) is 54.2 Å². The van der Waals surface area contributed by atoms with Crippen molar-refractivity contribution in [1.82, 2.24) is 4.90 Å². The van der Waals surface area contributed by atoms with Gasteiger partial charge in [-0.05, 0) is 24.3 Å². The van der Waals surface area contributed by atoms with Gasteiger partial charge in [-0.15, -0.1) is 0 Å². The van der Waals surface area contributed by atoms with Crippen molar-refractivity contribution in [2.24, 2.45) is 0 Å². The van der Waals surface area contributed by atoms with Crippen molar-refractivity contribution in [1.29, 1.82) is 0 Å². The Hall–Kier alpha value is -3.72. The van der Waals surface area contributed by atoms with Crippen LogP contribution in [-0.4, -0.2) is 70.8 Å². The Bertz CT molecular complexity index is 1090. The van der Waals surface area contributed by atoms with Crippen LogP contribution < -0.4 is 23.7 Å². The molecule has 0 radical (unpaired) electrons. The van der Waals surface area contributed by atoms with Gasteiger partial charge in [0.1, 0.15) is 17.2 Å². The molecule has 9 heteroatoms. The van der Waals surface area contributed by atoms with E-state index < -0.39 is 0 Å². The van der Waals surface area contributed by atoms with Gasteiger partial charge in [0.15, 0.2) is 23.9 Å². The lowest BCUT2D eigenvalue weighted by molar-refractivity contribution is -0.137. The van der Waals surface area contributed by atoms with Gasteiger partial charge in [0.25, 0.3) is 5.91 Å². The summed E-state index contributed by atoms with van der Waals surface area (Å²) in [5.41, 5.74) is 1.01. The number of carbonyl (C=O) groups is 2. The van der Waals surface area contributed by atoms with Crippen LogP contribution >= 0.6 is 0 Å². The molecule has 4 rings (SSSR count). The predicted octanol–water partition coefficient (Wildman–Crippen LogP) is 2.57. The quantitative estimate of drug-likeness (QED) is 0.589. The van der Waals surface area contributed by atoms with Crippen LogP contribution in [0.1, 0.15) is 15.9 Å². The Labute approximate surface area is 191 Å². The second-order valence-electron chi connectivity index (χ2n) is 7.33. The summed E-state index contributed by atoms with van der Waals surface area (Å²) in [5, 5.41) is 0. The summed E-state index contributed by atoms with van der Waals surface area (Å²) < 4.78 is 32.8. The third kappa shape index (κ3) is 4.73. The van der Waals surface area contributed by atoms with E-state index in [-0.39, 0.29) is 24.1 Å². The van der Waals surface area contributed by atoms with Gasteiger partial charge in [-0.25, -0.2) is 0 Å². The largest absolute Gasteiger partial charge is 0.496 e. The standard InChI is InChI=1S/C24H25NO8/c1-28-18-13-21(30-3)20(29-2)10-15(18)11-22-24(27)17-5-4-16(12-19(17)33-22)32-14-23(26)25-6-8-31-9-7-25/h4-5,10-13H,6-9,14H2,1-3H3. The molecule has 1 amide bonds. The lowest BCUT2D eigenvalue weighted by Crippen LogP contribution is -2.42. The zero-order valence-corrected chi connectivity index (χ0v) is 18.7. The average molecular weight is 455 g/mol. The van der Waals surface area contributed by atoms with E-state index in [1.807, 2.05) is 0 Å². The third-order valence-electron chi connectivity index (χ3n) is 5.39. The van der Waals surface area contributed by atoms with E-state index in [4.69, 9.17) is 28.4 Å². The summed E-state index contributed by atoms with van der Waals surface area (Å²) >= 11 is 0. The lowest BCUT2D eigenvalue weighted by atomic mass is 10.1. The number of ether oxygens (including phenoxy) is 6. The molecule has 0 aliphatic carbocycles. The number of methoxy groups -OCH3 is 3. The number of hydrogen-bond donors (Lipinski definition) is 0. The predicted molar refractivity (Wildman–Crippen MR) is 118 cm³/mol. The van der Waals surface area contributed by atoms with Crippen LogP contribution in [0, 0.1) is 0 Å². The number of ketones is 1. The number of hydrogen-bond acceptors (Lipinski definition) is 8. The van der Waals surface area contributed by atoms with Crippen LogP contribution in [0.25, 0.3) is 6.08 Å². The molecule has 0 unspecified atom stereocenters. The molecule has 0 saturated carbocycles. The van der Waals surface area contributed by atoms with Gasteiger partial charge in [0.2, 0.25) is 5.78 Å². The van der Waals surface area contributed by atoms with E-state index in [9.17, 15) is 9.59 Å². The Morgan fingerprint density at radius 3 is 2.39 bits per heavy atom. The van der Waals surface area contributed by atoms with Crippen molar-refractivity contribution in [3.63, 3.8) is 0 Å². The number of Topliss-reactive ketones (excluding diaryl/α,β-unsaturated/α-hetero) is 1. The molecule has 1 saturated heterocycles. The maximum absolute atomic E-state index is 12.9. The van der Waals surface area contributed by atoms with Crippen LogP contribution in [0.4, 0.5) is 0 Å². The first kappa shape index (κ1) is 22.5. The minimum absolute atomic E-state index is 0.0989. The number of carbonyl (C=O) groups excluding carboxylic acids is 2. The zero-order valence-electron chi connectivity index (χ0n) is 18.7. The molecular weight excluding hydrogens is 430 g/mol. The van der Waals surface area contributed by atoms with Crippen LogP contribution in [0.5, 0.6) is 28.7 Å². The Morgan fingerprint density at radius 1 is 1.00 bits per heavy atom. The van der Waals surface area contributed by atoms with E-state index in [1.165, 1.54) is 21.3 Å². The molecule has 2 aliphatic heterocycles. The number of fused-ring (bicyclic) bond motifs is 1. The highest BCUT2D eigenvalue weighted by Gasteiger charge is 2.28. The molecule has 174 valence electrons. The molecule has 0 atom stereocenters. The Kier molecular flexibility index (Phi) is 6.69. The highest BCUT2D eigenvalue weighted by atomic mass is 16.5. The van der Waals surface area contributed by atoms with Gasteiger partial charge in [0.05, 0.1) is 40.1 Å². The van der Waals surface area contributed by atoms with Crippen LogP contribution in [-0.2, 0) is 9.53 Å². The van der Waals surface area contributed by atoms with Crippen molar-refractivity contribution >= 4 is 17.8 Å². The second kappa shape index (κ2) is 9.83. The van der Waals surface area contributed by atoms with E-state index in [0.29, 0.717) is 66.2 Å². The number of benzene rings is 2. The normalized spacial score (nSPS) is 16.3. The maximum Gasteiger partial charge on any atom is 0.260 e. The van der Waals surface area contributed by atoms with Gasteiger partial charge < -0.3 is 33.3 Å². The minimum Gasteiger partial charge on any atom is -0.496 e. The first-order chi connectivity index (χ1) is 16.0. The molecular formula is C24H25NO8. The topological polar surface area (TPSA) is 92.8 Å². The van der Waals surface area contributed by atoms with Gasteiger partial charge in [-0.3, -0.25) is 9.59 Å². The van der Waals surface area contributed by atoms with Crippen molar-refractivity contribution < 1.29 is 38.0 Å². The van der Waals surface area contributed by atoms with Gasteiger partial charge in [0, 0.05) is 30.8 Å². The van der Waals surface area contributed by atoms with Gasteiger partial charge in [-0.1, -0.05) is 0 Å². The van der Waals surface area contributed by atoms with Gasteiger partial charge in [-0.2, -0.15) is 0 Å². The van der Waals surface area contributed by atoms with Crippen LogP contribution in [0.2, 0.25) is 0 Å². The molecule has 0 spiro atoms. The first-order valence-electron chi connectivity index (χ1n) is 10.4. The number of allylic oxidation sites excluding steroid dienone is 1. The molecule has 2 aromatic rings. The maximum atomic E-state index is 12.9. The third-order valence-corrected chi connectivity index (χ3v) is 5.39. The van der Waals surface area contributed by atoms with Crippen molar-refractivity contribution in [3.05, 3.63) is 47.2 Å². The molecule has 0 bridgehead atoms. The zero-order chi connectivity index (χ0) is 23.4. The molecule has 1 fully saturated rings. The first-order valence-corrected chi connectivity index (χ1v) is 10.4. The summed E-state index contributed by atoms with van der Waals surface area (Å²) in [6, 6.07) is 8.25. The van der Waals surface area contributed by atoms with Gasteiger partial charge >= 0.3 is 0 Å². The highest BCUT2D eigenvalue weighted by molar-refractivity contribution is 6.14. The smallest absolute Gasteiger partial charge is 0.260 e. The van der Waals surface area contributed by atoms with E-state index in [0.717, 1.165) is 0 Å². The minimum atomic E-state index is -0.266. The highest BCUT2D eigenvalue weighted by Crippen LogP contribution is 2.39. The summed E-state index contributed by atoms with van der Waals surface area (Å²) in [6.07, 6.45) is 1.59. The summed E-state index contributed by atoms with van der Waals surface area (Å²) in [7, 11) is 4.58. The lowest BCUT2D eigenvalue weighted by Gasteiger charge is -2.26. The van der Waals surface area contributed by atoms with Crippen LogP contribution in [0.3, 0.4) is 0 Å². The fraction of sp³-hybridized carbons (Fsp3) is 0.333. The Morgan fingerprint density at radius 2 is 1.70 bits per heavy atom. The number of amides is 1. The Balaban J connectivity index is 1.50.